The molecule has 1 aliphatic rings. The Balaban J connectivity index is 2.28. The van der Waals surface area contributed by atoms with Crippen LogP contribution in [-0.4, -0.2) is 19.7 Å². The van der Waals surface area contributed by atoms with Gasteiger partial charge in [0, 0.05) is 12.3 Å². The summed E-state index contributed by atoms with van der Waals surface area (Å²) in [6, 6.07) is 5.42. The van der Waals surface area contributed by atoms with Crippen LogP contribution in [0, 0.1) is 6.92 Å². The second-order valence-electron chi connectivity index (χ2n) is 4.03. The predicted octanol–water partition coefficient (Wildman–Crippen LogP) is 2.47. The third-order valence-electron chi connectivity index (χ3n) is 2.57. The maximum Gasteiger partial charge on any atom is 0.271 e. The normalized spacial score (nSPS) is 21.2. The minimum atomic E-state index is -3.46. The lowest BCUT2D eigenvalue weighted by atomic mass is 10.2. The monoisotopic (exact) mass is 275 g/mol. The molecule has 1 N–H and O–H groups in total. The molecule has 1 aliphatic heterocycles. The summed E-state index contributed by atoms with van der Waals surface area (Å²) in [7, 11) is -3.46. The van der Waals surface area contributed by atoms with Crippen molar-refractivity contribution in [1.82, 2.24) is 0 Å². The highest BCUT2D eigenvalue weighted by molar-refractivity contribution is 7.93. The Morgan fingerprint density at radius 3 is 2.94 bits per heavy atom. The number of anilines is 1. The number of halogens is 1. The van der Waals surface area contributed by atoms with Gasteiger partial charge in [-0.2, -0.15) is 0 Å². The van der Waals surface area contributed by atoms with Crippen LogP contribution in [0.2, 0.25) is 0 Å². The molecule has 0 saturated heterocycles. The minimum Gasteiger partial charge on any atom is -0.470 e. The average Bonchev–Trinajstić information content (AvgIpc) is 2.25. The summed E-state index contributed by atoms with van der Waals surface area (Å²) in [5, 5.41) is 0. The van der Waals surface area contributed by atoms with Crippen molar-refractivity contribution in [2.45, 2.75) is 25.2 Å². The van der Waals surface area contributed by atoms with Gasteiger partial charge in [0.15, 0.2) is 0 Å². The zero-order valence-electron chi connectivity index (χ0n) is 9.44. The van der Waals surface area contributed by atoms with Crippen LogP contribution in [0.15, 0.2) is 18.2 Å². The Hall–Kier alpha value is -0.940. The van der Waals surface area contributed by atoms with Crippen molar-refractivity contribution in [2.75, 3.05) is 10.6 Å². The van der Waals surface area contributed by atoms with Crippen LogP contribution in [0.4, 0.5) is 5.69 Å². The molecule has 0 aromatic heterocycles. The molecule has 94 valence electrons. The fourth-order valence-corrected chi connectivity index (χ4v) is 3.17. The van der Waals surface area contributed by atoms with Crippen LogP contribution in [-0.2, 0) is 10.0 Å². The molecule has 1 unspecified atom stereocenters. The maximum absolute atomic E-state index is 11.9. The quantitative estimate of drug-likeness (QED) is 0.862. The molecular weight excluding hydrogens is 262 g/mol. The predicted molar refractivity (Wildman–Crippen MR) is 68.1 cm³/mol. The van der Waals surface area contributed by atoms with Crippen LogP contribution < -0.4 is 9.46 Å². The van der Waals surface area contributed by atoms with E-state index in [0.717, 1.165) is 5.56 Å². The molecule has 1 atom stereocenters. The zero-order chi connectivity index (χ0) is 12.5. The van der Waals surface area contributed by atoms with E-state index in [9.17, 15) is 8.42 Å². The van der Waals surface area contributed by atoms with Gasteiger partial charge in [0.25, 0.3) is 10.0 Å². The molecule has 1 aromatic rings. The molecule has 1 aromatic carbocycles. The van der Waals surface area contributed by atoms with Crippen molar-refractivity contribution in [3.63, 3.8) is 0 Å². The number of fused-ring (bicyclic) bond motifs is 1. The maximum atomic E-state index is 11.9. The summed E-state index contributed by atoms with van der Waals surface area (Å²) in [5.74, 6) is 1.00. The molecule has 0 spiro atoms. The van der Waals surface area contributed by atoms with Gasteiger partial charge in [-0.3, -0.25) is 4.72 Å². The summed E-state index contributed by atoms with van der Waals surface area (Å²) < 4.78 is 31.8. The molecular formula is C11H14ClNO3S. The fourth-order valence-electron chi connectivity index (χ4n) is 1.71. The Morgan fingerprint density at radius 2 is 2.24 bits per heavy atom. The van der Waals surface area contributed by atoms with Crippen LogP contribution in [0.5, 0.6) is 5.75 Å². The first-order valence-corrected chi connectivity index (χ1v) is 7.46. The third-order valence-corrected chi connectivity index (χ3v) is 4.36. The van der Waals surface area contributed by atoms with Gasteiger partial charge < -0.3 is 4.74 Å². The second-order valence-corrected chi connectivity index (χ2v) is 6.22. The summed E-state index contributed by atoms with van der Waals surface area (Å²) in [4.78, 5) is 0. The SMILES string of the molecule is Cc1ccc2c(c1)NS(=O)(=O)C(CCCCl)O2. The van der Waals surface area contributed by atoms with E-state index in [1.807, 2.05) is 13.0 Å². The van der Waals surface area contributed by atoms with Gasteiger partial charge in [-0.1, -0.05) is 6.07 Å². The Labute approximate surface area is 106 Å². The van der Waals surface area contributed by atoms with Gasteiger partial charge in [0.2, 0.25) is 5.44 Å². The van der Waals surface area contributed by atoms with Crippen LogP contribution in [0.25, 0.3) is 0 Å². The lowest BCUT2D eigenvalue weighted by Crippen LogP contribution is -2.36. The number of rotatable bonds is 3. The van der Waals surface area contributed by atoms with Gasteiger partial charge in [0.1, 0.15) is 5.75 Å². The van der Waals surface area contributed by atoms with Crippen molar-refractivity contribution in [3.05, 3.63) is 23.8 Å². The highest BCUT2D eigenvalue weighted by Gasteiger charge is 2.32. The smallest absolute Gasteiger partial charge is 0.271 e. The van der Waals surface area contributed by atoms with E-state index in [2.05, 4.69) is 4.72 Å². The molecule has 0 radical (unpaired) electrons. The van der Waals surface area contributed by atoms with Gasteiger partial charge in [0.05, 0.1) is 5.69 Å². The molecule has 0 aliphatic carbocycles. The number of aryl methyl sites for hydroxylation is 1. The first-order valence-electron chi connectivity index (χ1n) is 5.38. The Morgan fingerprint density at radius 1 is 1.47 bits per heavy atom. The highest BCUT2D eigenvalue weighted by Crippen LogP contribution is 2.34. The zero-order valence-corrected chi connectivity index (χ0v) is 11.0. The van der Waals surface area contributed by atoms with Crippen LogP contribution >= 0.6 is 11.6 Å². The first kappa shape index (κ1) is 12.5. The van der Waals surface area contributed by atoms with E-state index in [-0.39, 0.29) is 0 Å². The van der Waals surface area contributed by atoms with Crippen molar-refractivity contribution < 1.29 is 13.2 Å². The number of hydrogen-bond acceptors (Lipinski definition) is 3. The van der Waals surface area contributed by atoms with Crippen molar-refractivity contribution in [3.8, 4) is 5.75 Å². The number of hydrogen-bond donors (Lipinski definition) is 1. The second kappa shape index (κ2) is 4.74. The number of alkyl halides is 1. The fraction of sp³-hybridized carbons (Fsp3) is 0.455. The lowest BCUT2D eigenvalue weighted by molar-refractivity contribution is 0.259. The van der Waals surface area contributed by atoms with E-state index < -0.39 is 15.5 Å². The van der Waals surface area contributed by atoms with E-state index in [0.29, 0.717) is 30.2 Å². The van der Waals surface area contributed by atoms with Gasteiger partial charge in [-0.05, 0) is 31.0 Å². The molecule has 4 nitrogen and oxygen atoms in total. The van der Waals surface area contributed by atoms with E-state index in [4.69, 9.17) is 16.3 Å². The molecule has 0 saturated carbocycles. The topological polar surface area (TPSA) is 55.4 Å². The van der Waals surface area contributed by atoms with Crippen LogP contribution in [0.3, 0.4) is 0 Å². The standard InChI is InChI=1S/C11H14ClNO3S/c1-8-4-5-10-9(7-8)13-17(14,15)11(16-10)3-2-6-12/h4-5,7,11,13H,2-3,6H2,1H3. The Bertz CT molecular complexity index is 515. The summed E-state index contributed by atoms with van der Waals surface area (Å²) in [6.45, 7) is 1.90. The average molecular weight is 276 g/mol. The molecule has 17 heavy (non-hydrogen) atoms. The molecule has 2 rings (SSSR count). The summed E-state index contributed by atoms with van der Waals surface area (Å²) >= 11 is 5.56. The summed E-state index contributed by atoms with van der Waals surface area (Å²) in [5.41, 5.74) is 0.637. The van der Waals surface area contributed by atoms with Crippen molar-refractivity contribution >= 4 is 27.3 Å². The molecule has 0 bridgehead atoms. The molecule has 1 heterocycles. The highest BCUT2D eigenvalue weighted by atomic mass is 35.5. The number of ether oxygens (including phenoxy) is 1. The van der Waals surface area contributed by atoms with E-state index >= 15 is 0 Å². The molecule has 0 amide bonds. The van der Waals surface area contributed by atoms with Gasteiger partial charge in [-0.25, -0.2) is 8.42 Å². The number of benzene rings is 1. The minimum absolute atomic E-state index is 0.395. The molecule has 0 fully saturated rings. The molecule has 6 heteroatoms. The number of nitrogens with one attached hydrogen (secondary N) is 1. The van der Waals surface area contributed by atoms with E-state index in [1.54, 1.807) is 12.1 Å². The first-order chi connectivity index (χ1) is 8.03. The Kier molecular flexibility index (Phi) is 3.49. The lowest BCUT2D eigenvalue weighted by Gasteiger charge is -2.27. The van der Waals surface area contributed by atoms with Crippen LogP contribution in [0.1, 0.15) is 18.4 Å². The summed E-state index contributed by atoms with van der Waals surface area (Å²) in [6.07, 6.45) is 1.00. The van der Waals surface area contributed by atoms with Crippen molar-refractivity contribution in [1.29, 1.82) is 0 Å². The van der Waals surface area contributed by atoms with Crippen molar-refractivity contribution in [2.24, 2.45) is 0 Å². The van der Waals surface area contributed by atoms with Gasteiger partial charge >= 0.3 is 0 Å². The largest absolute Gasteiger partial charge is 0.470 e. The third kappa shape index (κ3) is 2.66. The van der Waals surface area contributed by atoms with E-state index in [1.165, 1.54) is 0 Å². The van der Waals surface area contributed by atoms with Gasteiger partial charge in [-0.15, -0.1) is 11.6 Å². The number of sulfonamides is 1.